The summed E-state index contributed by atoms with van der Waals surface area (Å²) in [5.41, 5.74) is 1.04. The molecule has 1 heterocycles. The Hall–Kier alpha value is -1.81. The summed E-state index contributed by atoms with van der Waals surface area (Å²) in [5, 5.41) is 2.75. The fourth-order valence-electron chi connectivity index (χ4n) is 2.02. The predicted molar refractivity (Wildman–Crippen MR) is 67.5 cm³/mol. The number of nitrogens with one attached hydrogen (secondary N) is 1. The molecule has 0 aromatic heterocycles. The van der Waals surface area contributed by atoms with Gasteiger partial charge in [0.05, 0.1) is 13.0 Å². The maximum absolute atomic E-state index is 11.6. The average molecular weight is 247 g/mol. The highest BCUT2D eigenvalue weighted by Gasteiger charge is 2.38. The molecular weight excluding hydrogens is 230 g/mol. The summed E-state index contributed by atoms with van der Waals surface area (Å²) in [7, 11) is 0. The summed E-state index contributed by atoms with van der Waals surface area (Å²) in [6.45, 7) is 4.08. The molecule has 1 unspecified atom stereocenters. The SMILES string of the molecule is CCOC1(Cc2ccccc2)NC(=O)C=C(C)O1. The van der Waals surface area contributed by atoms with E-state index in [-0.39, 0.29) is 5.91 Å². The van der Waals surface area contributed by atoms with Crippen LogP contribution >= 0.6 is 0 Å². The first-order valence-corrected chi connectivity index (χ1v) is 6.01. The van der Waals surface area contributed by atoms with E-state index in [0.29, 0.717) is 18.8 Å². The molecule has 0 aliphatic carbocycles. The lowest BCUT2D eigenvalue weighted by molar-refractivity contribution is -0.235. The molecule has 96 valence electrons. The normalized spacial score (nSPS) is 23.0. The molecule has 1 amide bonds. The van der Waals surface area contributed by atoms with E-state index < -0.39 is 5.91 Å². The zero-order chi connectivity index (χ0) is 13.0. The summed E-state index contributed by atoms with van der Waals surface area (Å²) < 4.78 is 11.3. The standard InChI is InChI=1S/C14H17NO3/c1-3-17-14(10-12-7-5-4-6-8-12)15-13(16)9-11(2)18-14/h4-9H,3,10H2,1-2H3,(H,15,16). The van der Waals surface area contributed by atoms with Crippen molar-refractivity contribution in [3.63, 3.8) is 0 Å². The van der Waals surface area contributed by atoms with Gasteiger partial charge in [-0.1, -0.05) is 30.3 Å². The topological polar surface area (TPSA) is 47.6 Å². The van der Waals surface area contributed by atoms with E-state index in [0.717, 1.165) is 5.56 Å². The second-order valence-electron chi connectivity index (χ2n) is 4.19. The van der Waals surface area contributed by atoms with Gasteiger partial charge in [0, 0.05) is 6.08 Å². The molecule has 0 saturated carbocycles. The maximum atomic E-state index is 11.6. The van der Waals surface area contributed by atoms with Gasteiger partial charge >= 0.3 is 0 Å². The number of rotatable bonds is 4. The highest BCUT2D eigenvalue weighted by molar-refractivity contribution is 5.88. The lowest BCUT2D eigenvalue weighted by Crippen LogP contribution is -2.56. The average Bonchev–Trinajstić information content (AvgIpc) is 2.28. The van der Waals surface area contributed by atoms with E-state index in [2.05, 4.69) is 5.32 Å². The maximum Gasteiger partial charge on any atom is 0.298 e. The quantitative estimate of drug-likeness (QED) is 0.885. The fourth-order valence-corrected chi connectivity index (χ4v) is 2.02. The third-order valence-electron chi connectivity index (χ3n) is 2.63. The highest BCUT2D eigenvalue weighted by Crippen LogP contribution is 2.23. The summed E-state index contributed by atoms with van der Waals surface area (Å²) in [6, 6.07) is 9.79. The van der Waals surface area contributed by atoms with Crippen LogP contribution in [0.5, 0.6) is 0 Å². The Morgan fingerprint density at radius 2 is 2.06 bits per heavy atom. The number of amides is 1. The molecule has 1 atom stereocenters. The monoisotopic (exact) mass is 247 g/mol. The number of carbonyl (C=O) groups is 1. The predicted octanol–water partition coefficient (Wildman–Crippen LogP) is 1.97. The lowest BCUT2D eigenvalue weighted by atomic mass is 10.1. The highest BCUT2D eigenvalue weighted by atomic mass is 16.7. The van der Waals surface area contributed by atoms with Crippen molar-refractivity contribution in [1.82, 2.24) is 5.32 Å². The molecule has 1 aliphatic rings. The van der Waals surface area contributed by atoms with E-state index >= 15 is 0 Å². The number of carbonyl (C=O) groups excluding carboxylic acids is 1. The molecule has 2 rings (SSSR count). The van der Waals surface area contributed by atoms with Crippen molar-refractivity contribution in [3.05, 3.63) is 47.7 Å². The summed E-state index contributed by atoms with van der Waals surface area (Å²) in [6.07, 6.45) is 1.89. The van der Waals surface area contributed by atoms with Gasteiger partial charge in [0.25, 0.3) is 11.8 Å². The molecule has 0 bridgehead atoms. The van der Waals surface area contributed by atoms with Crippen LogP contribution in [0.25, 0.3) is 0 Å². The van der Waals surface area contributed by atoms with Crippen LogP contribution in [0.15, 0.2) is 42.2 Å². The van der Waals surface area contributed by atoms with Crippen LogP contribution in [0, 0.1) is 0 Å². The van der Waals surface area contributed by atoms with Gasteiger partial charge in [-0.3, -0.25) is 10.1 Å². The zero-order valence-corrected chi connectivity index (χ0v) is 10.6. The van der Waals surface area contributed by atoms with Crippen molar-refractivity contribution in [2.75, 3.05) is 6.61 Å². The van der Waals surface area contributed by atoms with Crippen molar-refractivity contribution in [2.45, 2.75) is 26.2 Å². The second-order valence-corrected chi connectivity index (χ2v) is 4.19. The second kappa shape index (κ2) is 5.23. The van der Waals surface area contributed by atoms with Gasteiger partial charge in [0.2, 0.25) is 0 Å². The van der Waals surface area contributed by atoms with Gasteiger partial charge < -0.3 is 9.47 Å². The molecule has 1 aromatic carbocycles. The fraction of sp³-hybridized carbons (Fsp3) is 0.357. The smallest absolute Gasteiger partial charge is 0.298 e. The van der Waals surface area contributed by atoms with Gasteiger partial charge in [-0.15, -0.1) is 0 Å². The third-order valence-corrected chi connectivity index (χ3v) is 2.63. The number of ether oxygens (including phenoxy) is 2. The van der Waals surface area contributed by atoms with Crippen LogP contribution in [-0.4, -0.2) is 18.4 Å². The van der Waals surface area contributed by atoms with Crippen LogP contribution < -0.4 is 5.32 Å². The Morgan fingerprint density at radius 1 is 1.33 bits per heavy atom. The van der Waals surface area contributed by atoms with Gasteiger partial charge in [0.15, 0.2) is 0 Å². The lowest BCUT2D eigenvalue weighted by Gasteiger charge is -2.36. The molecule has 1 aliphatic heterocycles. The molecule has 0 fully saturated rings. The first-order valence-electron chi connectivity index (χ1n) is 6.01. The summed E-state index contributed by atoms with van der Waals surface area (Å²) in [4.78, 5) is 11.6. The number of hydrogen-bond acceptors (Lipinski definition) is 3. The molecule has 0 saturated heterocycles. The van der Waals surface area contributed by atoms with Gasteiger partial charge in [0.1, 0.15) is 5.76 Å². The van der Waals surface area contributed by atoms with Gasteiger partial charge in [-0.05, 0) is 19.4 Å². The number of allylic oxidation sites excluding steroid dienone is 1. The van der Waals surface area contributed by atoms with Crippen molar-refractivity contribution >= 4 is 5.91 Å². The van der Waals surface area contributed by atoms with E-state index in [1.54, 1.807) is 6.92 Å². The van der Waals surface area contributed by atoms with E-state index in [1.807, 2.05) is 37.3 Å². The molecule has 0 radical (unpaired) electrons. The van der Waals surface area contributed by atoms with Crippen molar-refractivity contribution < 1.29 is 14.3 Å². The first-order chi connectivity index (χ1) is 8.63. The first kappa shape index (κ1) is 12.6. The van der Waals surface area contributed by atoms with Gasteiger partial charge in [-0.2, -0.15) is 0 Å². The Bertz CT molecular complexity index is 455. The van der Waals surface area contributed by atoms with Crippen LogP contribution in [0.2, 0.25) is 0 Å². The molecule has 1 N–H and O–H groups in total. The Kier molecular flexibility index (Phi) is 3.67. The molecule has 0 spiro atoms. The zero-order valence-electron chi connectivity index (χ0n) is 10.6. The Morgan fingerprint density at radius 3 is 2.67 bits per heavy atom. The molecule has 4 nitrogen and oxygen atoms in total. The molecule has 4 heteroatoms. The molecule has 1 aromatic rings. The summed E-state index contributed by atoms with van der Waals surface area (Å²) in [5.74, 6) is -0.724. The molecular formula is C14H17NO3. The van der Waals surface area contributed by atoms with Crippen LogP contribution in [0.1, 0.15) is 19.4 Å². The Labute approximate surface area is 107 Å². The van der Waals surface area contributed by atoms with Crippen LogP contribution in [-0.2, 0) is 20.7 Å². The Balaban J connectivity index is 2.22. The van der Waals surface area contributed by atoms with Crippen molar-refractivity contribution in [3.8, 4) is 0 Å². The summed E-state index contributed by atoms with van der Waals surface area (Å²) >= 11 is 0. The number of benzene rings is 1. The van der Waals surface area contributed by atoms with Crippen molar-refractivity contribution in [1.29, 1.82) is 0 Å². The number of hydrogen-bond donors (Lipinski definition) is 1. The molecule has 18 heavy (non-hydrogen) atoms. The van der Waals surface area contributed by atoms with Crippen LogP contribution in [0.3, 0.4) is 0 Å². The van der Waals surface area contributed by atoms with E-state index in [1.165, 1.54) is 6.08 Å². The minimum Gasteiger partial charge on any atom is -0.448 e. The van der Waals surface area contributed by atoms with E-state index in [9.17, 15) is 4.79 Å². The minimum atomic E-state index is -1.09. The van der Waals surface area contributed by atoms with Crippen LogP contribution in [0.4, 0.5) is 0 Å². The van der Waals surface area contributed by atoms with Gasteiger partial charge in [-0.25, -0.2) is 0 Å². The third kappa shape index (κ3) is 2.90. The van der Waals surface area contributed by atoms with Crippen molar-refractivity contribution in [2.24, 2.45) is 0 Å². The largest absolute Gasteiger partial charge is 0.448 e. The minimum absolute atomic E-state index is 0.192. The van der Waals surface area contributed by atoms with E-state index in [4.69, 9.17) is 9.47 Å².